The molecule has 41 heavy (non-hydrogen) atoms. The molecule has 5 rings (SSSR count). The van der Waals surface area contributed by atoms with Gasteiger partial charge in [-0.05, 0) is 84.9 Å². The number of carbonyl (C=O) groups is 1. The van der Waals surface area contributed by atoms with Gasteiger partial charge in [-0.15, -0.1) is 0 Å². The third kappa shape index (κ3) is 6.98. The van der Waals surface area contributed by atoms with Crippen LogP contribution < -0.4 is 14.0 Å². The number of rotatable bonds is 9. The van der Waals surface area contributed by atoms with E-state index < -0.39 is 20.6 Å². The highest BCUT2D eigenvalue weighted by atomic mass is 35.7. The molecule has 0 heterocycles. The molecule has 0 amide bonds. The third-order valence-corrected chi connectivity index (χ3v) is 11.7. The van der Waals surface area contributed by atoms with Crippen LogP contribution in [0.4, 0.5) is 0 Å². The first kappa shape index (κ1) is 29.7. The lowest BCUT2D eigenvalue weighted by Gasteiger charge is -2.34. The van der Waals surface area contributed by atoms with E-state index in [0.717, 1.165) is 9.79 Å². The summed E-state index contributed by atoms with van der Waals surface area (Å²) in [4.78, 5) is 16.0. The fraction of sp³-hybridized carbons (Fsp3) is 0. The van der Waals surface area contributed by atoms with Crippen LogP contribution in [0.3, 0.4) is 0 Å². The standard InChI is InChI=1S/C31H21Cl3O5S2/c32-24-9-15-28(16-10-24)41(39-34(36,37)38,29-17-11-25(33)12-18-29)30-19-13-26(14-20-30)40-27-8-4-7-23(21-27)31(35)22-5-2-1-3-6-22/h1-21H. The second kappa shape index (κ2) is 12.6. The molecule has 0 aromatic heterocycles. The molecule has 10 heteroatoms. The molecular weight excluding hydrogens is 623 g/mol. The molecule has 0 saturated carbocycles. The van der Waals surface area contributed by atoms with Crippen LogP contribution in [0.2, 0.25) is 10.0 Å². The summed E-state index contributed by atoms with van der Waals surface area (Å²) in [6.07, 6.45) is 0. The van der Waals surface area contributed by atoms with E-state index >= 15 is 0 Å². The Hall–Kier alpha value is -2.82. The van der Waals surface area contributed by atoms with Crippen molar-refractivity contribution >= 4 is 51.1 Å². The van der Waals surface area contributed by atoms with Gasteiger partial charge in [0.2, 0.25) is 0 Å². The summed E-state index contributed by atoms with van der Waals surface area (Å²) in [6, 6.07) is 36.5. The van der Waals surface area contributed by atoms with Crippen molar-refractivity contribution < 1.29 is 32.8 Å². The van der Waals surface area contributed by atoms with Gasteiger partial charge in [0.15, 0.2) is 5.78 Å². The predicted molar refractivity (Wildman–Crippen MR) is 153 cm³/mol. The minimum atomic E-state index is -4.83. The van der Waals surface area contributed by atoms with E-state index in [1.807, 2.05) is 48.5 Å². The number of halogens is 3. The van der Waals surface area contributed by atoms with Gasteiger partial charge in [0.25, 0.3) is 0 Å². The SMILES string of the molecule is O=C(c1ccccc1)c1cccc(Sc2ccc(S(O[Cl+3]([O-])([O-])[O-])(c3ccc(Cl)cc3)c3ccc(Cl)cc3)cc2)c1. The van der Waals surface area contributed by atoms with Gasteiger partial charge in [-0.25, -0.2) is 0 Å². The van der Waals surface area contributed by atoms with Crippen molar-refractivity contribution in [2.75, 3.05) is 0 Å². The van der Waals surface area contributed by atoms with Gasteiger partial charge in [-0.2, -0.15) is 14.0 Å². The molecule has 0 fully saturated rings. The summed E-state index contributed by atoms with van der Waals surface area (Å²) in [5.41, 5.74) is 1.18. The summed E-state index contributed by atoms with van der Waals surface area (Å²) in [5, 5.41) is 0.890. The van der Waals surface area contributed by atoms with Gasteiger partial charge in [0, 0.05) is 45.6 Å². The van der Waals surface area contributed by atoms with Crippen molar-refractivity contribution in [1.29, 1.82) is 0 Å². The van der Waals surface area contributed by atoms with Crippen molar-refractivity contribution in [1.82, 2.24) is 0 Å². The van der Waals surface area contributed by atoms with Crippen LogP contribution in [-0.4, -0.2) is 5.78 Å². The lowest BCUT2D eigenvalue weighted by molar-refractivity contribution is -1.91. The Balaban J connectivity index is 1.52. The maximum Gasteiger partial charge on any atom is 0.193 e. The largest absolute Gasteiger partial charge is 0.289 e. The highest BCUT2D eigenvalue weighted by Gasteiger charge is 2.46. The molecule has 0 aliphatic heterocycles. The van der Waals surface area contributed by atoms with Gasteiger partial charge < -0.3 is 0 Å². The number of carbonyl (C=O) groups excluding carboxylic acids is 1. The predicted octanol–water partition coefficient (Wildman–Crippen LogP) is 6.49. The van der Waals surface area contributed by atoms with Crippen LogP contribution in [0.25, 0.3) is 0 Å². The number of benzene rings is 5. The first-order chi connectivity index (χ1) is 19.6. The summed E-state index contributed by atoms with van der Waals surface area (Å²) >= 11 is 13.7. The Morgan fingerprint density at radius 3 is 1.61 bits per heavy atom. The number of hydrogen-bond acceptors (Lipinski definition) is 6. The van der Waals surface area contributed by atoms with Crippen LogP contribution >= 0.6 is 45.3 Å². The Bertz CT molecular complexity index is 1600. The zero-order valence-electron chi connectivity index (χ0n) is 21.1. The van der Waals surface area contributed by atoms with Crippen LogP contribution in [0.5, 0.6) is 0 Å². The van der Waals surface area contributed by atoms with E-state index in [2.05, 4.69) is 0 Å². The van der Waals surface area contributed by atoms with Crippen molar-refractivity contribution in [3.8, 4) is 0 Å². The minimum Gasteiger partial charge on any atom is -0.289 e. The van der Waals surface area contributed by atoms with Crippen LogP contribution in [-0.2, 0) is 3.74 Å². The normalized spacial score (nSPS) is 12.2. The van der Waals surface area contributed by atoms with E-state index in [9.17, 15) is 18.8 Å². The highest BCUT2D eigenvalue weighted by molar-refractivity contribution is 8.29. The topological polar surface area (TPSA) is 95.5 Å². The third-order valence-electron chi connectivity index (χ3n) is 5.99. The maximum atomic E-state index is 12.9. The zero-order chi connectivity index (χ0) is 29.0. The maximum absolute atomic E-state index is 12.9. The second-order valence-electron chi connectivity index (χ2n) is 8.70. The van der Waals surface area contributed by atoms with Gasteiger partial charge in [0.1, 0.15) is 3.74 Å². The summed E-state index contributed by atoms with van der Waals surface area (Å²) in [7, 11) is -7.88. The van der Waals surface area contributed by atoms with E-state index in [1.54, 1.807) is 78.9 Å². The fourth-order valence-electron chi connectivity index (χ4n) is 4.18. The molecule has 0 atom stereocenters. The quantitative estimate of drug-likeness (QED) is 0.171. The molecule has 0 aliphatic carbocycles. The molecule has 0 spiro atoms. The molecule has 0 radical (unpaired) electrons. The van der Waals surface area contributed by atoms with Crippen LogP contribution in [0.15, 0.2) is 152 Å². The lowest BCUT2D eigenvalue weighted by atomic mass is 10.0. The van der Waals surface area contributed by atoms with Crippen LogP contribution in [0, 0.1) is 10.2 Å². The molecule has 0 N–H and O–H groups in total. The first-order valence-electron chi connectivity index (χ1n) is 12.1. The zero-order valence-corrected chi connectivity index (χ0v) is 25.0. The summed E-state index contributed by atoms with van der Waals surface area (Å²) < 4.78 is 41.8. The van der Waals surface area contributed by atoms with Gasteiger partial charge in [-0.3, -0.25) is 4.79 Å². The van der Waals surface area contributed by atoms with Crippen molar-refractivity contribution in [2.45, 2.75) is 24.5 Å². The molecule has 5 aromatic carbocycles. The monoisotopic (exact) mass is 642 g/mol. The Kier molecular flexibility index (Phi) is 9.11. The molecular formula is C31H21Cl3O5S2. The smallest absolute Gasteiger partial charge is 0.193 e. The fourth-order valence-corrected chi connectivity index (χ4v) is 9.48. The van der Waals surface area contributed by atoms with Gasteiger partial charge in [-0.1, -0.05) is 77.4 Å². The van der Waals surface area contributed by atoms with Gasteiger partial charge >= 0.3 is 0 Å². The average Bonchev–Trinajstić information content (AvgIpc) is 2.97. The summed E-state index contributed by atoms with van der Waals surface area (Å²) in [5.74, 6) is -0.0714. The molecule has 0 saturated heterocycles. The molecule has 208 valence electrons. The Morgan fingerprint density at radius 2 is 1.10 bits per heavy atom. The highest BCUT2D eigenvalue weighted by Crippen LogP contribution is 2.70. The van der Waals surface area contributed by atoms with Gasteiger partial charge in [0.05, 0.1) is 20.6 Å². The van der Waals surface area contributed by atoms with E-state index in [-0.39, 0.29) is 5.78 Å². The Morgan fingerprint density at radius 1 is 0.610 bits per heavy atom. The van der Waals surface area contributed by atoms with E-state index in [0.29, 0.717) is 35.9 Å². The van der Waals surface area contributed by atoms with E-state index in [1.165, 1.54) is 11.8 Å². The average molecular weight is 644 g/mol. The first-order valence-corrected chi connectivity index (χ1v) is 16.4. The molecule has 5 nitrogen and oxygen atoms in total. The number of hydrogen-bond donors (Lipinski definition) is 0. The van der Waals surface area contributed by atoms with Crippen molar-refractivity contribution in [2.24, 2.45) is 0 Å². The number of ketones is 1. The van der Waals surface area contributed by atoms with Crippen LogP contribution in [0.1, 0.15) is 15.9 Å². The minimum absolute atomic E-state index is 0.0714. The van der Waals surface area contributed by atoms with Crippen molar-refractivity contribution in [3.63, 3.8) is 0 Å². The summed E-state index contributed by atoms with van der Waals surface area (Å²) in [6.45, 7) is 0. The molecule has 0 aliphatic rings. The molecule has 0 unspecified atom stereocenters. The second-order valence-corrected chi connectivity index (χ2v) is 14.5. The van der Waals surface area contributed by atoms with Crippen molar-refractivity contribution in [3.05, 3.63) is 149 Å². The van der Waals surface area contributed by atoms with E-state index in [4.69, 9.17) is 26.9 Å². The molecule has 0 bridgehead atoms. The molecule has 5 aromatic rings. The Labute approximate surface area is 255 Å². The lowest BCUT2D eigenvalue weighted by Crippen LogP contribution is -2.61.